The second-order valence-electron chi connectivity index (χ2n) is 6.52. The number of hydrogen-bond acceptors (Lipinski definition) is 3. The maximum Gasteiger partial charge on any atom is 0.123 e. The summed E-state index contributed by atoms with van der Waals surface area (Å²) in [7, 11) is 0. The normalized spacial score (nSPS) is 15.9. The highest BCUT2D eigenvalue weighted by atomic mass is 19.1. The van der Waals surface area contributed by atoms with Crippen molar-refractivity contribution < 1.29 is 4.39 Å². The van der Waals surface area contributed by atoms with E-state index in [9.17, 15) is 4.39 Å². The molecule has 1 aliphatic carbocycles. The second-order valence-corrected chi connectivity index (χ2v) is 6.52. The van der Waals surface area contributed by atoms with Gasteiger partial charge in [0.1, 0.15) is 5.82 Å². The summed E-state index contributed by atoms with van der Waals surface area (Å²) in [5.41, 5.74) is 8.70. The van der Waals surface area contributed by atoms with Crippen LogP contribution in [0.4, 0.5) is 4.39 Å². The van der Waals surface area contributed by atoms with Gasteiger partial charge in [0.25, 0.3) is 0 Å². The first-order valence-electron chi connectivity index (χ1n) is 8.62. The Balaban J connectivity index is 1.71. The average molecular weight is 316 g/mol. The summed E-state index contributed by atoms with van der Waals surface area (Å²) in [4.78, 5) is 0. The molecular formula is C18H25FN4. The van der Waals surface area contributed by atoms with Gasteiger partial charge in [-0.2, -0.15) is 0 Å². The van der Waals surface area contributed by atoms with E-state index < -0.39 is 0 Å². The second kappa shape index (κ2) is 7.68. The summed E-state index contributed by atoms with van der Waals surface area (Å²) in [6, 6.07) is 6.65. The highest BCUT2D eigenvalue weighted by Gasteiger charge is 2.17. The molecule has 2 aromatic rings. The van der Waals surface area contributed by atoms with Crippen LogP contribution in [0.5, 0.6) is 0 Å². The number of benzene rings is 1. The molecule has 3 rings (SSSR count). The number of hydrogen-bond donors (Lipinski definition) is 1. The standard InChI is InChI=1S/C18H25FN4/c19-16-8-4-7-15(11-16)13-23-18(17(12-20)21-22-23)10-9-14-5-2-1-3-6-14/h4,7-8,11,14H,1-3,5-6,9-10,12-13,20H2. The molecule has 0 atom stereocenters. The van der Waals surface area contributed by atoms with E-state index in [1.165, 1.54) is 44.6 Å². The Hall–Kier alpha value is -1.75. The van der Waals surface area contributed by atoms with Crippen molar-refractivity contribution in [1.29, 1.82) is 0 Å². The lowest BCUT2D eigenvalue weighted by Crippen LogP contribution is -2.13. The van der Waals surface area contributed by atoms with E-state index in [2.05, 4.69) is 10.3 Å². The van der Waals surface area contributed by atoms with Crippen LogP contribution in [0.15, 0.2) is 24.3 Å². The van der Waals surface area contributed by atoms with Gasteiger partial charge in [0.15, 0.2) is 0 Å². The summed E-state index contributed by atoms with van der Waals surface area (Å²) in [5.74, 6) is 0.595. The monoisotopic (exact) mass is 316 g/mol. The third kappa shape index (κ3) is 4.16. The summed E-state index contributed by atoms with van der Waals surface area (Å²) < 4.78 is 15.3. The molecule has 4 nitrogen and oxygen atoms in total. The molecule has 1 saturated carbocycles. The van der Waals surface area contributed by atoms with Gasteiger partial charge in [-0.05, 0) is 36.5 Å². The predicted molar refractivity (Wildman–Crippen MR) is 88.3 cm³/mol. The number of nitrogens with zero attached hydrogens (tertiary/aromatic N) is 3. The van der Waals surface area contributed by atoms with Crippen molar-refractivity contribution in [2.24, 2.45) is 11.7 Å². The Labute approximate surface area is 136 Å². The molecule has 0 bridgehead atoms. The van der Waals surface area contributed by atoms with Crippen LogP contribution in [-0.4, -0.2) is 15.0 Å². The first-order chi connectivity index (χ1) is 11.3. The molecule has 1 heterocycles. The lowest BCUT2D eigenvalue weighted by molar-refractivity contribution is 0.336. The zero-order chi connectivity index (χ0) is 16.1. The molecule has 0 aliphatic heterocycles. The molecule has 0 saturated heterocycles. The third-order valence-electron chi connectivity index (χ3n) is 4.85. The minimum Gasteiger partial charge on any atom is -0.325 e. The first-order valence-corrected chi connectivity index (χ1v) is 8.62. The lowest BCUT2D eigenvalue weighted by atomic mass is 9.85. The van der Waals surface area contributed by atoms with Crippen molar-refractivity contribution in [2.45, 2.75) is 58.0 Å². The summed E-state index contributed by atoms with van der Waals surface area (Å²) in [6.45, 7) is 0.952. The third-order valence-corrected chi connectivity index (χ3v) is 4.85. The number of nitrogens with two attached hydrogens (primary N) is 1. The zero-order valence-electron chi connectivity index (χ0n) is 13.5. The van der Waals surface area contributed by atoms with E-state index in [-0.39, 0.29) is 5.82 Å². The molecule has 124 valence electrons. The maximum atomic E-state index is 13.4. The van der Waals surface area contributed by atoms with E-state index in [1.54, 1.807) is 12.1 Å². The van der Waals surface area contributed by atoms with Gasteiger partial charge in [-0.15, -0.1) is 5.10 Å². The van der Waals surface area contributed by atoms with Crippen LogP contribution in [0.1, 0.15) is 55.5 Å². The highest BCUT2D eigenvalue weighted by Crippen LogP contribution is 2.28. The predicted octanol–water partition coefficient (Wildman–Crippen LogP) is 3.44. The van der Waals surface area contributed by atoms with E-state index in [1.807, 2.05) is 10.7 Å². The van der Waals surface area contributed by atoms with Crippen molar-refractivity contribution in [1.82, 2.24) is 15.0 Å². The first kappa shape index (κ1) is 16.1. The molecule has 1 aromatic carbocycles. The molecule has 23 heavy (non-hydrogen) atoms. The molecular weight excluding hydrogens is 291 g/mol. The molecule has 0 unspecified atom stereocenters. The van der Waals surface area contributed by atoms with Gasteiger partial charge in [-0.3, -0.25) is 0 Å². The van der Waals surface area contributed by atoms with Gasteiger partial charge >= 0.3 is 0 Å². The highest BCUT2D eigenvalue weighted by molar-refractivity contribution is 5.18. The number of rotatable bonds is 6. The topological polar surface area (TPSA) is 56.7 Å². The van der Waals surface area contributed by atoms with Crippen LogP contribution in [0.2, 0.25) is 0 Å². The fourth-order valence-corrected chi connectivity index (χ4v) is 3.55. The molecule has 1 fully saturated rings. The van der Waals surface area contributed by atoms with Crippen LogP contribution in [0, 0.1) is 11.7 Å². The largest absolute Gasteiger partial charge is 0.325 e. The Morgan fingerprint density at radius 1 is 1.22 bits per heavy atom. The molecule has 0 amide bonds. The zero-order valence-corrected chi connectivity index (χ0v) is 13.5. The molecule has 2 N–H and O–H groups in total. The van der Waals surface area contributed by atoms with Crippen molar-refractivity contribution in [3.05, 3.63) is 47.0 Å². The van der Waals surface area contributed by atoms with Gasteiger partial charge < -0.3 is 5.73 Å². The van der Waals surface area contributed by atoms with E-state index in [0.717, 1.165) is 29.3 Å². The van der Waals surface area contributed by atoms with Gasteiger partial charge in [0, 0.05) is 6.54 Å². The maximum absolute atomic E-state index is 13.4. The molecule has 5 heteroatoms. The summed E-state index contributed by atoms with van der Waals surface area (Å²) in [6.07, 6.45) is 8.89. The quantitative estimate of drug-likeness (QED) is 0.888. The van der Waals surface area contributed by atoms with Gasteiger partial charge in [0.2, 0.25) is 0 Å². The lowest BCUT2D eigenvalue weighted by Gasteiger charge is -2.21. The van der Waals surface area contributed by atoms with Gasteiger partial charge in [-0.1, -0.05) is 49.5 Å². The molecule has 0 spiro atoms. The summed E-state index contributed by atoms with van der Waals surface area (Å²) >= 11 is 0. The van der Waals surface area contributed by atoms with Crippen LogP contribution in [0.3, 0.4) is 0 Å². The minimum atomic E-state index is -0.217. The van der Waals surface area contributed by atoms with Gasteiger partial charge in [-0.25, -0.2) is 9.07 Å². The van der Waals surface area contributed by atoms with Crippen LogP contribution in [0.25, 0.3) is 0 Å². The van der Waals surface area contributed by atoms with E-state index in [4.69, 9.17) is 5.73 Å². The van der Waals surface area contributed by atoms with Crippen LogP contribution in [-0.2, 0) is 19.5 Å². The van der Waals surface area contributed by atoms with Crippen LogP contribution < -0.4 is 5.73 Å². The smallest absolute Gasteiger partial charge is 0.123 e. The Kier molecular flexibility index (Phi) is 5.39. The minimum absolute atomic E-state index is 0.217. The van der Waals surface area contributed by atoms with Crippen molar-refractivity contribution in [3.63, 3.8) is 0 Å². The Morgan fingerprint density at radius 3 is 2.78 bits per heavy atom. The summed E-state index contributed by atoms with van der Waals surface area (Å²) in [5, 5.41) is 8.45. The average Bonchev–Trinajstić information content (AvgIpc) is 2.95. The van der Waals surface area contributed by atoms with Gasteiger partial charge in [0.05, 0.1) is 17.9 Å². The van der Waals surface area contributed by atoms with Crippen molar-refractivity contribution in [3.8, 4) is 0 Å². The molecule has 1 aliphatic rings. The molecule has 1 aromatic heterocycles. The van der Waals surface area contributed by atoms with E-state index >= 15 is 0 Å². The van der Waals surface area contributed by atoms with Crippen molar-refractivity contribution >= 4 is 0 Å². The van der Waals surface area contributed by atoms with E-state index in [0.29, 0.717) is 13.1 Å². The number of halogens is 1. The molecule has 0 radical (unpaired) electrons. The Bertz CT molecular complexity index is 632. The van der Waals surface area contributed by atoms with Crippen molar-refractivity contribution in [2.75, 3.05) is 0 Å². The Morgan fingerprint density at radius 2 is 2.04 bits per heavy atom. The number of aromatic nitrogens is 3. The fourth-order valence-electron chi connectivity index (χ4n) is 3.55. The van der Waals surface area contributed by atoms with Crippen LogP contribution >= 0.6 is 0 Å². The SMILES string of the molecule is NCc1nnn(Cc2cccc(F)c2)c1CCC1CCCCC1. The fraction of sp³-hybridized carbons (Fsp3) is 0.556.